The van der Waals surface area contributed by atoms with E-state index in [1.165, 1.54) is 41.5 Å². The topological polar surface area (TPSA) is 105 Å². The molecule has 16 rings (SSSR count). The van der Waals surface area contributed by atoms with E-state index in [2.05, 4.69) is 182 Å². The number of hydrogen-bond acceptors (Lipinski definition) is 8. The molecule has 0 aliphatic carbocycles. The van der Waals surface area contributed by atoms with E-state index >= 15 is 0 Å². The zero-order valence-electron chi connectivity index (χ0n) is 39.2. The highest BCUT2D eigenvalue weighted by Gasteiger charge is 2.44. The van der Waals surface area contributed by atoms with E-state index in [0.717, 1.165) is 76.5 Å². The summed E-state index contributed by atoms with van der Waals surface area (Å²) in [5.41, 5.74) is 5.33. The van der Waals surface area contributed by atoms with Crippen LogP contribution in [0.5, 0.6) is 0 Å². The second-order valence-corrected chi connectivity index (χ2v) is 26.8. The van der Waals surface area contributed by atoms with Crippen molar-refractivity contribution in [2.45, 2.75) is 0 Å². The van der Waals surface area contributed by atoms with Crippen molar-refractivity contribution in [1.29, 1.82) is 0 Å². The van der Waals surface area contributed by atoms with E-state index in [1.807, 2.05) is 24.3 Å². The summed E-state index contributed by atoms with van der Waals surface area (Å²) in [6.07, 6.45) is 6.78. The van der Waals surface area contributed by atoms with Gasteiger partial charge in [0, 0.05) is 21.5 Å². The van der Waals surface area contributed by atoms with E-state index in [0.29, 0.717) is 23.1 Å². The number of hydrogen-bond donors (Lipinski definition) is 0. The lowest BCUT2D eigenvalue weighted by Crippen LogP contribution is -2.74. The van der Waals surface area contributed by atoms with E-state index in [-0.39, 0.29) is 0 Å². The molecule has 8 nitrogen and oxygen atoms in total. The van der Waals surface area contributed by atoms with Gasteiger partial charge >= 0.3 is 0 Å². The molecule has 74 heavy (non-hydrogen) atoms. The molecule has 0 saturated heterocycles. The summed E-state index contributed by atoms with van der Waals surface area (Å²) >= 11 is 0. The van der Waals surface area contributed by atoms with Gasteiger partial charge in [-0.2, -0.15) is 0 Å². The molecule has 0 aliphatic rings. The third kappa shape index (κ3) is 5.77. The summed E-state index contributed by atoms with van der Waals surface area (Å²) in [5, 5.41) is 17.6. The van der Waals surface area contributed by atoms with Crippen LogP contribution in [0.25, 0.3) is 99.7 Å². The Labute approximate surface area is 421 Å². The summed E-state index contributed by atoms with van der Waals surface area (Å²) < 4.78 is 48.2. The van der Waals surface area contributed by atoms with Crippen LogP contribution in [0, 0.1) is 0 Å². The maximum absolute atomic E-state index is 6.25. The molecule has 0 saturated carbocycles. The second kappa shape index (κ2) is 15.5. The van der Waals surface area contributed by atoms with Crippen LogP contribution in [0.2, 0.25) is 0 Å². The monoisotopic (exact) mass is 990 g/mol. The molecule has 10 heteroatoms. The van der Waals surface area contributed by atoms with Gasteiger partial charge in [-0.1, -0.05) is 133 Å². The molecular weight excluding hydrogens is 953 g/mol. The van der Waals surface area contributed by atoms with Crippen molar-refractivity contribution in [3.8, 4) is 11.1 Å². The molecule has 350 valence electrons. The lowest BCUT2D eigenvalue weighted by atomic mass is 10.1. The molecule has 0 aliphatic heterocycles. The first-order chi connectivity index (χ1) is 36.6. The molecule has 0 amide bonds. The highest BCUT2D eigenvalue weighted by molar-refractivity contribution is 7.20. The average molecular weight is 991 g/mol. The van der Waals surface area contributed by atoms with Gasteiger partial charge in [0.2, 0.25) is 0 Å². The minimum Gasteiger partial charge on any atom is -0.433 e. The fourth-order valence-electron chi connectivity index (χ4n) is 12.2. The Kier molecular flexibility index (Phi) is 8.63. The maximum Gasteiger partial charge on any atom is 0.298 e. The van der Waals surface area contributed by atoms with Crippen LogP contribution < -0.4 is 41.5 Å². The molecule has 0 N–H and O–H groups in total. The normalized spacial score (nSPS) is 12.6. The van der Waals surface area contributed by atoms with Crippen molar-refractivity contribution in [2.75, 3.05) is 0 Å². The van der Waals surface area contributed by atoms with Crippen LogP contribution in [0.1, 0.15) is 0 Å². The van der Waals surface area contributed by atoms with Crippen LogP contribution >= 0.6 is 0 Å². The Bertz CT molecular complexity index is 4300. The number of rotatable bonds is 9. The van der Waals surface area contributed by atoms with Crippen molar-refractivity contribution in [1.82, 2.24) is 0 Å². The molecule has 0 bridgehead atoms. The highest BCUT2D eigenvalue weighted by atomic mass is 28.3. The zero-order chi connectivity index (χ0) is 48.5. The Hall–Kier alpha value is -9.49. The summed E-state index contributed by atoms with van der Waals surface area (Å²) in [7, 11) is -6.46. The predicted octanol–water partition coefficient (Wildman–Crippen LogP) is 12.1. The quantitative estimate of drug-likeness (QED) is 0.104. The Morgan fingerprint density at radius 2 is 0.500 bits per heavy atom. The molecule has 0 unspecified atom stereocenters. The van der Waals surface area contributed by atoms with E-state index in [9.17, 15) is 0 Å². The van der Waals surface area contributed by atoms with Crippen LogP contribution in [-0.2, 0) is 0 Å². The highest BCUT2D eigenvalue weighted by Crippen LogP contribution is 2.34. The SMILES string of the molecule is c1ccc([Si](c2cccc(-c3cccc([Si](c4ccccc4)(c4ccc5oc6occc6c5c4)c4ccc5oc6occc6c5c4)c3)c2)(c2ccc3oc4occc4c3c2)c2ccc3oc4occc4c3c2)cc1. The van der Waals surface area contributed by atoms with Gasteiger partial charge < -0.3 is 35.3 Å². The molecular formula is C64H38O8Si2. The Morgan fingerprint density at radius 3 is 0.811 bits per heavy atom. The summed E-state index contributed by atoms with van der Waals surface area (Å²) in [4.78, 5) is 0. The Morgan fingerprint density at radius 1 is 0.216 bits per heavy atom. The minimum atomic E-state index is -3.23. The van der Waals surface area contributed by atoms with E-state index < -0.39 is 16.1 Å². The summed E-state index contributed by atoms with van der Waals surface area (Å²) in [6, 6.07) is 75.2. The van der Waals surface area contributed by atoms with E-state index in [1.54, 1.807) is 25.1 Å². The van der Waals surface area contributed by atoms with Crippen LogP contribution in [0.3, 0.4) is 0 Å². The van der Waals surface area contributed by atoms with Crippen molar-refractivity contribution in [2.24, 2.45) is 0 Å². The van der Waals surface area contributed by atoms with Gasteiger partial charge in [-0.05, 0) is 125 Å². The fraction of sp³-hybridized carbons (Fsp3) is 0. The molecule has 0 fully saturated rings. The summed E-state index contributed by atoms with van der Waals surface area (Å²) in [6.45, 7) is 0. The number of benzene rings is 8. The largest absolute Gasteiger partial charge is 0.433 e. The van der Waals surface area contributed by atoms with Crippen LogP contribution in [-0.4, -0.2) is 16.1 Å². The Balaban J connectivity index is 0.960. The molecule has 0 radical (unpaired) electrons. The third-order valence-corrected chi connectivity index (χ3v) is 24.9. The van der Waals surface area contributed by atoms with Gasteiger partial charge in [0.05, 0.1) is 46.6 Å². The predicted molar refractivity (Wildman–Crippen MR) is 297 cm³/mol. The summed E-state index contributed by atoms with van der Waals surface area (Å²) in [5.74, 6) is 2.06. The maximum atomic E-state index is 6.25. The first-order valence-corrected chi connectivity index (χ1v) is 28.5. The van der Waals surface area contributed by atoms with Gasteiger partial charge in [-0.25, -0.2) is 0 Å². The number of furan rings is 8. The first-order valence-electron chi connectivity index (χ1n) is 24.5. The molecule has 0 atom stereocenters. The van der Waals surface area contributed by atoms with Gasteiger partial charge in [0.1, 0.15) is 22.3 Å². The van der Waals surface area contributed by atoms with Crippen molar-refractivity contribution in [3.05, 3.63) is 231 Å². The average Bonchev–Trinajstić information content (AvgIpc) is 4.35. The van der Waals surface area contributed by atoms with Crippen molar-refractivity contribution in [3.63, 3.8) is 0 Å². The minimum absolute atomic E-state index is 0.516. The van der Waals surface area contributed by atoms with Crippen LogP contribution in [0.4, 0.5) is 0 Å². The molecule has 0 spiro atoms. The molecule has 8 heterocycles. The third-order valence-electron chi connectivity index (χ3n) is 15.5. The van der Waals surface area contributed by atoms with Crippen molar-refractivity contribution >= 4 is 146 Å². The van der Waals surface area contributed by atoms with Gasteiger partial charge in [-0.3, -0.25) is 0 Å². The lowest BCUT2D eigenvalue weighted by Gasteiger charge is -2.35. The molecule has 8 aromatic heterocycles. The van der Waals surface area contributed by atoms with Gasteiger partial charge in [-0.15, -0.1) is 0 Å². The first kappa shape index (κ1) is 41.2. The number of fused-ring (bicyclic) bond motifs is 12. The van der Waals surface area contributed by atoms with Crippen molar-refractivity contribution < 1.29 is 35.3 Å². The standard InChI is InChI=1S/C64H38O8Si2/c1-3-11-41(12-4-1)73(45-17-21-57-53(35-45)49-25-29-65-61(49)69-57,46-18-22-58-54(36-46)50-26-30-66-62(50)70-58)43-15-7-9-39(33-43)40-10-8-16-44(34-40)74(42-13-5-2-6-14-42,47-19-23-59-55(37-47)51-27-31-67-63(51)71-59)48-20-24-60-56(38-48)52-28-32-68-64(52)72-60/h1-38H. The second-order valence-electron chi connectivity index (χ2n) is 19.1. The molecule has 16 aromatic rings. The lowest BCUT2D eigenvalue weighted by molar-refractivity contribution is 0.498. The molecule has 8 aromatic carbocycles. The zero-order valence-corrected chi connectivity index (χ0v) is 41.2. The van der Waals surface area contributed by atoms with Gasteiger partial charge in [0.15, 0.2) is 16.1 Å². The van der Waals surface area contributed by atoms with Gasteiger partial charge in [0.25, 0.3) is 23.1 Å². The van der Waals surface area contributed by atoms with Crippen LogP contribution in [0.15, 0.2) is 267 Å². The smallest absolute Gasteiger partial charge is 0.298 e. The fourth-order valence-corrected chi connectivity index (χ4v) is 21.8. The van der Waals surface area contributed by atoms with E-state index in [4.69, 9.17) is 35.3 Å².